The van der Waals surface area contributed by atoms with Crippen LogP contribution in [0.4, 0.5) is 5.69 Å². The molecule has 1 aliphatic heterocycles. The summed E-state index contributed by atoms with van der Waals surface area (Å²) in [5.74, 6) is 5.78. The summed E-state index contributed by atoms with van der Waals surface area (Å²) in [5, 5.41) is 11.7. The summed E-state index contributed by atoms with van der Waals surface area (Å²) in [6.45, 7) is 2.67. The number of hydrogen-bond acceptors (Lipinski definition) is 3. The first kappa shape index (κ1) is 15.6. The number of carbonyl (C=O) groups excluding carboxylic acids is 1. The molecule has 4 heteroatoms. The Labute approximate surface area is 125 Å². The molecule has 1 aliphatic rings. The van der Waals surface area contributed by atoms with Crippen molar-refractivity contribution in [1.29, 1.82) is 0 Å². The largest absolute Gasteiger partial charge is 0.395 e. The van der Waals surface area contributed by atoms with Gasteiger partial charge < -0.3 is 15.2 Å². The molecule has 112 valence electrons. The van der Waals surface area contributed by atoms with Gasteiger partial charge in [0.05, 0.1) is 12.3 Å². The number of hydrogen-bond donors (Lipinski definition) is 2. The first-order valence-corrected chi connectivity index (χ1v) is 7.33. The predicted molar refractivity (Wildman–Crippen MR) is 82.0 cm³/mol. The highest BCUT2D eigenvalue weighted by Gasteiger charge is 2.22. The number of anilines is 1. The molecule has 0 bridgehead atoms. The van der Waals surface area contributed by atoms with E-state index >= 15 is 0 Å². The van der Waals surface area contributed by atoms with E-state index in [-0.39, 0.29) is 18.6 Å². The van der Waals surface area contributed by atoms with Crippen molar-refractivity contribution in [3.63, 3.8) is 0 Å². The molecule has 2 rings (SSSR count). The Morgan fingerprint density at radius 2 is 2.33 bits per heavy atom. The van der Waals surface area contributed by atoms with E-state index < -0.39 is 0 Å². The Morgan fingerprint density at radius 1 is 1.48 bits per heavy atom. The molecule has 0 spiro atoms. The van der Waals surface area contributed by atoms with Gasteiger partial charge in [0.25, 0.3) is 5.91 Å². The van der Waals surface area contributed by atoms with Gasteiger partial charge >= 0.3 is 0 Å². The number of aliphatic hydroxyl groups is 1. The summed E-state index contributed by atoms with van der Waals surface area (Å²) in [6.07, 6.45) is 2.87. The maximum Gasteiger partial charge on any atom is 0.253 e. The summed E-state index contributed by atoms with van der Waals surface area (Å²) in [5.41, 5.74) is 2.55. The third kappa shape index (κ3) is 4.59. The van der Waals surface area contributed by atoms with Crippen LogP contribution in [0.3, 0.4) is 0 Å². The van der Waals surface area contributed by atoms with Crippen LogP contribution >= 0.6 is 0 Å². The zero-order valence-corrected chi connectivity index (χ0v) is 12.3. The smallest absolute Gasteiger partial charge is 0.253 e. The quantitative estimate of drug-likeness (QED) is 0.838. The van der Waals surface area contributed by atoms with Crippen molar-refractivity contribution in [2.45, 2.75) is 38.7 Å². The minimum Gasteiger partial charge on any atom is -0.395 e. The molecule has 0 aliphatic carbocycles. The molecule has 1 fully saturated rings. The van der Waals surface area contributed by atoms with Gasteiger partial charge in [-0.1, -0.05) is 17.9 Å². The first-order valence-electron chi connectivity index (χ1n) is 7.33. The molecule has 1 aromatic carbocycles. The number of carbonyl (C=O) groups is 1. The Balaban J connectivity index is 2.11. The fourth-order valence-corrected chi connectivity index (χ4v) is 2.24. The maximum absolute atomic E-state index is 12.2. The number of ether oxygens (including phenoxy) is 1. The van der Waals surface area contributed by atoms with Crippen LogP contribution in [0.25, 0.3) is 0 Å². The van der Waals surface area contributed by atoms with Crippen molar-refractivity contribution in [1.82, 2.24) is 0 Å². The van der Waals surface area contributed by atoms with Crippen molar-refractivity contribution in [2.24, 2.45) is 0 Å². The molecule has 1 unspecified atom stereocenters. The number of aliphatic hydroxyl groups excluding tert-OH is 1. The average molecular weight is 287 g/mol. The van der Waals surface area contributed by atoms with E-state index in [0.717, 1.165) is 30.4 Å². The maximum atomic E-state index is 12.2. The average Bonchev–Trinajstić information content (AvgIpc) is 2.51. The second-order valence-corrected chi connectivity index (χ2v) is 5.17. The predicted octanol–water partition coefficient (Wildman–Crippen LogP) is 2.24. The van der Waals surface area contributed by atoms with Crippen LogP contribution in [0.5, 0.6) is 0 Å². The van der Waals surface area contributed by atoms with Crippen LogP contribution < -0.4 is 5.32 Å². The topological polar surface area (TPSA) is 58.6 Å². The van der Waals surface area contributed by atoms with Gasteiger partial charge in [0.15, 0.2) is 0 Å². The third-order valence-corrected chi connectivity index (χ3v) is 3.36. The van der Waals surface area contributed by atoms with Crippen LogP contribution in [0.1, 0.15) is 36.8 Å². The van der Waals surface area contributed by atoms with Gasteiger partial charge in [0.2, 0.25) is 0 Å². The summed E-state index contributed by atoms with van der Waals surface area (Å²) in [4.78, 5) is 12.2. The van der Waals surface area contributed by atoms with E-state index in [0.29, 0.717) is 18.7 Å². The van der Waals surface area contributed by atoms with Crippen LogP contribution in [0.2, 0.25) is 0 Å². The molecule has 0 radical (unpaired) electrons. The van der Waals surface area contributed by atoms with Crippen molar-refractivity contribution in [3.05, 3.63) is 29.3 Å². The Kier molecular flexibility index (Phi) is 5.79. The van der Waals surface area contributed by atoms with Crippen molar-refractivity contribution < 1.29 is 14.6 Å². The van der Waals surface area contributed by atoms with E-state index in [2.05, 4.69) is 17.2 Å². The standard InChI is InChI=1S/C17H21NO3/c1-13-8-9-15(14(12-13)6-2-4-10-19)18-17(20)16-7-3-5-11-21-16/h8-9,12,16,19H,3-5,7,10-11H2,1H3,(H,18,20). The zero-order valence-electron chi connectivity index (χ0n) is 12.3. The van der Waals surface area contributed by atoms with E-state index in [4.69, 9.17) is 9.84 Å². The lowest BCUT2D eigenvalue weighted by molar-refractivity contribution is -0.129. The summed E-state index contributed by atoms with van der Waals surface area (Å²) >= 11 is 0. The number of benzene rings is 1. The van der Waals surface area contributed by atoms with E-state index in [1.165, 1.54) is 0 Å². The fraction of sp³-hybridized carbons (Fsp3) is 0.471. The van der Waals surface area contributed by atoms with E-state index in [1.54, 1.807) is 0 Å². The van der Waals surface area contributed by atoms with Crippen LogP contribution in [0.15, 0.2) is 18.2 Å². The molecule has 1 saturated heterocycles. The van der Waals surface area contributed by atoms with E-state index in [1.807, 2.05) is 25.1 Å². The summed E-state index contributed by atoms with van der Waals surface area (Å²) < 4.78 is 5.49. The monoisotopic (exact) mass is 287 g/mol. The molecular formula is C17H21NO3. The molecule has 21 heavy (non-hydrogen) atoms. The molecule has 1 heterocycles. The van der Waals surface area contributed by atoms with Crippen LogP contribution in [-0.4, -0.2) is 30.3 Å². The van der Waals surface area contributed by atoms with Gasteiger partial charge in [-0.25, -0.2) is 0 Å². The minimum absolute atomic E-state index is 0.0381. The molecule has 1 aromatic rings. The van der Waals surface area contributed by atoms with Gasteiger partial charge in [0, 0.05) is 18.6 Å². The van der Waals surface area contributed by atoms with Gasteiger partial charge in [-0.3, -0.25) is 4.79 Å². The summed E-state index contributed by atoms with van der Waals surface area (Å²) in [6, 6.07) is 5.73. The highest BCUT2D eigenvalue weighted by atomic mass is 16.5. The summed E-state index contributed by atoms with van der Waals surface area (Å²) in [7, 11) is 0. The van der Waals surface area contributed by atoms with Crippen LogP contribution in [-0.2, 0) is 9.53 Å². The lowest BCUT2D eigenvalue weighted by Gasteiger charge is -2.22. The number of rotatable bonds is 3. The van der Waals surface area contributed by atoms with E-state index in [9.17, 15) is 4.79 Å². The molecule has 1 atom stereocenters. The van der Waals surface area contributed by atoms with Gasteiger partial charge in [-0.2, -0.15) is 0 Å². The first-order chi connectivity index (χ1) is 10.2. The molecule has 0 aromatic heterocycles. The van der Waals surface area contributed by atoms with Crippen molar-refractivity contribution in [2.75, 3.05) is 18.5 Å². The molecule has 1 amide bonds. The minimum atomic E-state index is -0.363. The Bertz CT molecular complexity index is 551. The second kappa shape index (κ2) is 7.82. The third-order valence-electron chi connectivity index (χ3n) is 3.36. The van der Waals surface area contributed by atoms with Crippen molar-refractivity contribution in [3.8, 4) is 11.8 Å². The molecule has 4 nitrogen and oxygen atoms in total. The van der Waals surface area contributed by atoms with Gasteiger partial charge in [-0.15, -0.1) is 0 Å². The lowest BCUT2D eigenvalue weighted by atomic mass is 10.1. The lowest BCUT2D eigenvalue weighted by Crippen LogP contribution is -2.33. The number of nitrogens with one attached hydrogen (secondary N) is 1. The SMILES string of the molecule is Cc1ccc(NC(=O)C2CCCCO2)c(C#CCCO)c1. The Hall–Kier alpha value is -1.83. The molecular weight excluding hydrogens is 266 g/mol. The van der Waals surface area contributed by atoms with Gasteiger partial charge in [-0.05, 0) is 43.9 Å². The molecule has 0 saturated carbocycles. The van der Waals surface area contributed by atoms with Crippen LogP contribution in [0, 0.1) is 18.8 Å². The fourth-order valence-electron chi connectivity index (χ4n) is 2.24. The van der Waals surface area contributed by atoms with Crippen molar-refractivity contribution >= 4 is 11.6 Å². The number of aryl methyl sites for hydroxylation is 1. The zero-order chi connectivity index (χ0) is 15.1. The normalized spacial score (nSPS) is 17.7. The Morgan fingerprint density at radius 3 is 3.05 bits per heavy atom. The second-order valence-electron chi connectivity index (χ2n) is 5.17. The number of amides is 1. The highest BCUT2D eigenvalue weighted by molar-refractivity contribution is 5.95. The highest BCUT2D eigenvalue weighted by Crippen LogP contribution is 2.19. The van der Waals surface area contributed by atoms with Gasteiger partial charge in [0.1, 0.15) is 6.10 Å². The molecule has 2 N–H and O–H groups in total.